The quantitative estimate of drug-likeness (QED) is 0.0131. The Hall–Kier alpha value is -18.4. The van der Waals surface area contributed by atoms with Crippen LogP contribution in [0.5, 0.6) is 0 Å². The normalized spacial score (nSPS) is 11.8. The van der Waals surface area contributed by atoms with Crippen molar-refractivity contribution in [3.63, 3.8) is 0 Å². The molecule has 0 spiro atoms. The van der Waals surface area contributed by atoms with E-state index in [1.54, 1.807) is 80.8 Å². The van der Waals surface area contributed by atoms with E-state index < -0.39 is 65.4 Å². The van der Waals surface area contributed by atoms with Crippen molar-refractivity contribution < 1.29 is 84.9 Å². The van der Waals surface area contributed by atoms with Crippen molar-refractivity contribution in [2.75, 3.05) is 82.6 Å². The van der Waals surface area contributed by atoms with Crippen LogP contribution < -0.4 is 43.0 Å². The standard InChI is InChI=1S/C16H12FN3O3.C16H14FN3O.C16H11FN2O3.C15H10ClFN2O4.C13H9FN2O3.C8H8N2O3.C8H9NO.C6H7N/c1-19-14-7-6-10(20(22)23)8-12(14)16(18-9-15(19)21)11-4-2-3-5-13(11)17;1-20-14-7-6-10(18)8-12(14)16(19-9-15(20)21)11-4-2-3-5-13(11)17;17-15-4-2-1-3-13(15)16-14-8-11(19(21)22)6-5-10(14)7-12(20)9-18-16;16-8-14(20)18-13-6-5-9(19(22)23)7-11(13)15(21)10-3-1-2-4-12(10)17;14-11-4-2-1-3-9(11)13(17)10-7-8(16(18)19)5-6-12(10)15;1-6(11)9-7-2-4-8(5-3-7)10(12)13;1-7(10)9-8-5-3-2-4-6-8;7-6-4-2-1-3-5-6/h2-8H,9H2,1H3;2-8H,9,18H2,1H3;1-6,8H,7,9H2;1-7H,8H2,(H,18,20);1-7H,15H2;2-5H,1H3,(H,9,11);2-6H,1H3,(H,9,10);1-5H,7H2/i2*6+1,7+1,8+1,10+1,12+1,14+1;5+1,6+1,8+1,10+1,11+1,14+1;5+1,6+1,7+1,9+1,11+1,13+1;5+1,6+1,7+1,8+1,10+1,12+1;2+1,3+1,4+1,5+1,7+1,8+1;2+1,3+1,4+1,5+1,6+1,8+1;1+1,2+1,3+1,4+1,5+1,6+1. The van der Waals surface area contributed by atoms with Crippen LogP contribution in [0.2, 0.25) is 0 Å². The molecule has 13 aromatic rings. The van der Waals surface area contributed by atoms with Crippen molar-refractivity contribution in [3.05, 3.63) is 438 Å². The summed E-state index contributed by atoms with van der Waals surface area (Å²) in [6.45, 7) is 2.64. The molecule has 40 heteroatoms. The number of nitrogens with zero attached hydrogens (tertiary/aromatic N) is 10. The molecule has 5 amide bonds. The van der Waals surface area contributed by atoms with Crippen LogP contribution in [-0.4, -0.2) is 128 Å². The van der Waals surface area contributed by atoms with Crippen LogP contribution in [0.1, 0.15) is 84.6 Å². The summed E-state index contributed by atoms with van der Waals surface area (Å²) < 4.78 is 69.6. The summed E-state index contributed by atoms with van der Waals surface area (Å²) >= 11 is 5.39. The first-order valence-corrected chi connectivity index (χ1v) is 41.2. The third kappa shape index (κ3) is 28.5. The highest BCUT2D eigenvalue weighted by atomic mass is 35.5. The summed E-state index contributed by atoms with van der Waals surface area (Å²) in [6.07, 6.45) is 0.134. The van der Waals surface area contributed by atoms with E-state index in [0.717, 1.165) is 41.7 Å². The maximum atomic E-state index is 14.1. The molecule has 9 N–H and O–H groups in total. The molecule has 3 aliphatic heterocycles. The van der Waals surface area contributed by atoms with Gasteiger partial charge in [-0.2, -0.15) is 0 Å². The number of carbonyl (C=O) groups is 8. The average molecular weight is 1950 g/mol. The Morgan fingerprint density at radius 1 is 0.362 bits per heavy atom. The molecule has 138 heavy (non-hydrogen) atoms. The number of rotatable bonds is 16. The number of nitrogens with one attached hydrogen (secondary N) is 3. The topological polar surface area (TPSA) is 510 Å². The van der Waals surface area contributed by atoms with Crippen molar-refractivity contribution in [2.24, 2.45) is 15.0 Å². The first-order valence-electron chi connectivity index (χ1n) is 40.7. The maximum absolute atomic E-state index is 14.1. The van der Waals surface area contributed by atoms with Crippen molar-refractivity contribution in [1.82, 2.24) is 0 Å². The third-order valence-corrected chi connectivity index (χ3v) is 19.8. The zero-order chi connectivity index (χ0) is 101. The first-order chi connectivity index (χ1) is 65.8. The van der Waals surface area contributed by atoms with Crippen LogP contribution in [0.25, 0.3) is 0 Å². The van der Waals surface area contributed by atoms with E-state index in [1.165, 1.54) is 163 Å². The summed E-state index contributed by atoms with van der Waals surface area (Å²) in [5, 5.41) is 61.3. The molecule has 3 aliphatic rings. The van der Waals surface area contributed by atoms with Crippen molar-refractivity contribution in [1.29, 1.82) is 0 Å². The molecule has 0 radical (unpaired) electrons. The molecule has 0 unspecified atom stereocenters. The van der Waals surface area contributed by atoms with Gasteiger partial charge in [0.15, 0.2) is 17.3 Å². The predicted octanol–water partition coefficient (Wildman–Crippen LogP) is 17.6. The Kier molecular flexibility index (Phi) is 36.8. The first kappa shape index (κ1) is 103. The van der Waals surface area contributed by atoms with Gasteiger partial charge in [0.05, 0.1) is 87.6 Å². The highest BCUT2D eigenvalue weighted by Crippen LogP contribution is 2.34. The number of carbonyl (C=O) groups excluding carboxylic acids is 8. The van der Waals surface area contributed by atoms with Gasteiger partial charge in [0, 0.05) is 157 Å². The molecular weight excluding hydrogens is 1870 g/mol. The number of likely N-dealkylation sites (N-methyl/N-ethyl adjacent to an activating group) is 2. The molecule has 3 heterocycles. The fourth-order valence-corrected chi connectivity index (χ4v) is 13.0. The Bertz CT molecular complexity index is 6920. The number of hydrogen-bond donors (Lipinski definition) is 6. The van der Waals surface area contributed by atoms with Gasteiger partial charge in [-0.25, -0.2) is 22.0 Å². The smallest absolute Gasteiger partial charge is 0.270 e. The van der Waals surface area contributed by atoms with E-state index >= 15 is 0 Å². The molecule has 0 bridgehead atoms. The van der Waals surface area contributed by atoms with E-state index in [2.05, 4.69) is 30.9 Å². The lowest BCUT2D eigenvalue weighted by Gasteiger charge is -2.18. The summed E-state index contributed by atoms with van der Waals surface area (Å²) in [5.41, 5.74) is 23.1. The van der Waals surface area contributed by atoms with E-state index in [1.807, 2.05) is 60.7 Å². The number of hydrogen-bond acceptors (Lipinski definition) is 24. The van der Waals surface area contributed by atoms with Gasteiger partial charge in [0.25, 0.3) is 28.4 Å². The number of aliphatic imine (C=N–C) groups is 3. The Morgan fingerprint density at radius 3 is 1.15 bits per heavy atom. The number of benzodiazepines with no additional fused rings is 2. The van der Waals surface area contributed by atoms with Crippen molar-refractivity contribution >= 4 is 150 Å². The second-order valence-corrected chi connectivity index (χ2v) is 29.4. The number of nitrogen functional groups attached to an aromatic ring is 3. The van der Waals surface area contributed by atoms with Gasteiger partial charge in [0.2, 0.25) is 29.5 Å². The number of nitro groups is 5. The molecule has 0 saturated heterocycles. The molecule has 0 aromatic heterocycles. The van der Waals surface area contributed by atoms with Gasteiger partial charge >= 0.3 is 0 Å². The van der Waals surface area contributed by atoms with E-state index in [4.69, 9.17) is 28.8 Å². The van der Waals surface area contributed by atoms with Gasteiger partial charge in [0.1, 0.15) is 48.1 Å². The number of nitro benzene ring substituents is 5. The number of non-ortho nitro benzene ring substituents is 5. The number of benzene rings is 13. The molecule has 0 aliphatic carbocycles. The van der Waals surface area contributed by atoms with Crippen molar-refractivity contribution in [3.8, 4) is 0 Å². The molecule has 34 nitrogen and oxygen atoms in total. The third-order valence-electron chi connectivity index (χ3n) is 19.6. The average Bonchev–Trinajstić information content (AvgIpc) is 1.54. The highest BCUT2D eigenvalue weighted by molar-refractivity contribution is 6.29. The number of para-hydroxylation sites is 2. The molecule has 0 atom stereocenters. The Balaban J connectivity index is 0.000000180. The lowest BCUT2D eigenvalue weighted by atomic mass is 10.1. The molecule has 702 valence electrons. The minimum absolute atomic E-state index is 0.00843. The molecule has 0 saturated carbocycles. The highest BCUT2D eigenvalue weighted by Gasteiger charge is 2.30. The monoisotopic (exact) mass is 1950 g/mol. The number of ketones is 3. The van der Waals surface area contributed by atoms with Crippen molar-refractivity contribution in [2.45, 2.75) is 20.3 Å². The van der Waals surface area contributed by atoms with E-state index in [9.17, 15) is 111 Å². The van der Waals surface area contributed by atoms with Gasteiger partial charge in [-0.05, 0) is 139 Å². The second kappa shape index (κ2) is 49.2. The number of alkyl halides is 1. The maximum Gasteiger partial charge on any atom is 0.270 e. The molecule has 16 rings (SSSR count). The van der Waals surface area contributed by atoms with Crippen LogP contribution in [-0.2, 0) is 35.2 Å². The zero-order valence-electron chi connectivity index (χ0n) is 73.1. The summed E-state index contributed by atoms with van der Waals surface area (Å²) in [6, 6.07) is 73.9. The van der Waals surface area contributed by atoms with Gasteiger partial charge in [-0.15, -0.1) is 11.6 Å². The number of fused-ring (bicyclic) bond motifs is 3. The Labute approximate surface area is 786 Å². The molecule has 0 fully saturated rings. The van der Waals surface area contributed by atoms with Crippen LogP contribution in [0, 0.1) is 79.7 Å². The number of halogens is 6. The number of anilines is 8. The van der Waals surface area contributed by atoms with Gasteiger partial charge in [-0.1, -0.05) is 103 Å². The van der Waals surface area contributed by atoms with Crippen LogP contribution >= 0.6 is 11.6 Å². The predicted molar refractivity (Wildman–Crippen MR) is 512 cm³/mol. The lowest BCUT2D eigenvalue weighted by Crippen LogP contribution is -2.27. The minimum Gasteiger partial charge on any atom is -0.399 e. The summed E-state index contributed by atoms with van der Waals surface area (Å²) in [7, 11) is 3.24. The van der Waals surface area contributed by atoms with E-state index in [-0.39, 0.29) is 152 Å². The fourth-order valence-electron chi connectivity index (χ4n) is 12.9. The second-order valence-electron chi connectivity index (χ2n) is 29.1. The largest absolute Gasteiger partial charge is 0.399 e. The number of amides is 5. The summed E-state index contributed by atoms with van der Waals surface area (Å²) in [4.78, 5) is 159. The fraction of sp³-hybridized carbons (Fsp3) is 0.0918. The Morgan fingerprint density at radius 2 is 0.717 bits per heavy atom. The molecular formula is C98H80ClF5N16O18. The zero-order valence-corrected chi connectivity index (χ0v) is 73.9. The minimum atomic E-state index is -0.781. The lowest BCUT2D eigenvalue weighted by molar-refractivity contribution is -0.385. The molecule has 13 aromatic carbocycles. The van der Waals surface area contributed by atoms with Crippen LogP contribution in [0.15, 0.2) is 312 Å². The number of nitrogens with two attached hydrogens (primary N) is 3. The summed E-state index contributed by atoms with van der Waals surface area (Å²) in [5.74, 6) is -5.99. The van der Waals surface area contributed by atoms with E-state index in [0.29, 0.717) is 56.3 Å². The van der Waals surface area contributed by atoms with Gasteiger partial charge < -0.3 is 43.0 Å². The van der Waals surface area contributed by atoms with Crippen LogP contribution in [0.3, 0.4) is 0 Å². The SMILES string of the molecule is CC(=O)N[13c]1[13cH][13cH][13cH][13cH][13cH]1.CC(=O)N[13c]1[13cH][13cH][13c]([N+](=O)[O-])[13cH][13cH]1.CN1C(=O)CN=C(c2ccccc2F)[13c]2[13cH][13c](N)[13cH][13cH][13c]21.CN1C(=O)CN=C(c2ccccc2F)[13c]2[13cH][13c]([N+](=O)[O-])[13cH][13cH][13c]21.N[13c]1[13cH][13cH][13cH][13cH][13cH]1.N[13c]1[13cH][13cH][13c]([N+](=O)[O-])[13cH][13c]1C(=O)c1ccccc1F.O=C(CCl)N[13c]1[13cH][13cH][13c]([N+](=O)[O-])[13cH][13c]1C(=O)c1ccccc1F.O=C1CN=C(c2ccccc2F)[13c]2[13cH][13c]([N+](=O)[O-])[13cH][13cH][13c]2C1. The number of Topliss-reactive ketones (excluding diaryl/α,β-unsaturated/α-hetero) is 1. The van der Waals surface area contributed by atoms with Crippen LogP contribution in [0.4, 0.5) is 95.9 Å². The van der Waals surface area contributed by atoms with Gasteiger partial charge in [-0.3, -0.25) is 104 Å².